The molecule has 2 aliphatic heterocycles. The average Bonchev–Trinajstić information content (AvgIpc) is 3.16. The predicted octanol–water partition coefficient (Wildman–Crippen LogP) is 6.71. The zero-order valence-corrected chi connectivity index (χ0v) is 17.0. The highest BCUT2D eigenvalue weighted by molar-refractivity contribution is 7.08. The molecular weight excluding hydrogens is 326 g/mol. The molecule has 4 rings (SSSR count). The highest BCUT2D eigenvalue weighted by Crippen LogP contribution is 2.50. The van der Waals surface area contributed by atoms with Crippen LogP contribution < -0.4 is 5.32 Å². The molecule has 1 fully saturated rings. The van der Waals surface area contributed by atoms with Crippen LogP contribution in [-0.2, 0) is 10.2 Å². The molecule has 2 aliphatic rings. The van der Waals surface area contributed by atoms with Gasteiger partial charge in [-0.3, -0.25) is 0 Å². The van der Waals surface area contributed by atoms with Crippen LogP contribution in [0.2, 0.25) is 0 Å². The van der Waals surface area contributed by atoms with E-state index in [-0.39, 0.29) is 11.5 Å². The lowest BCUT2D eigenvalue weighted by Gasteiger charge is -2.43. The van der Waals surface area contributed by atoms with Crippen LogP contribution in [0.4, 0.5) is 5.69 Å². The van der Waals surface area contributed by atoms with E-state index < -0.39 is 0 Å². The van der Waals surface area contributed by atoms with Gasteiger partial charge in [0.05, 0.1) is 12.1 Å². The molecule has 1 aromatic heterocycles. The molecule has 1 aromatic carbocycles. The van der Waals surface area contributed by atoms with Crippen molar-refractivity contribution in [3.8, 4) is 0 Å². The maximum absolute atomic E-state index is 6.27. The normalized spacial score (nSPS) is 25.1. The number of nitrogens with one attached hydrogen (secondary N) is 1. The Morgan fingerprint density at radius 3 is 2.64 bits per heavy atom. The van der Waals surface area contributed by atoms with Crippen molar-refractivity contribution < 1.29 is 4.74 Å². The Kier molecular flexibility index (Phi) is 5.55. The van der Waals surface area contributed by atoms with Gasteiger partial charge in [-0.15, -0.1) is 0 Å². The Balaban J connectivity index is 0.000000880. The van der Waals surface area contributed by atoms with E-state index in [1.54, 1.807) is 11.3 Å². The molecule has 0 saturated carbocycles. The van der Waals surface area contributed by atoms with Crippen molar-refractivity contribution >= 4 is 17.0 Å². The number of ether oxygens (including phenoxy) is 1. The number of rotatable bonds is 1. The Labute approximate surface area is 156 Å². The molecule has 1 saturated heterocycles. The van der Waals surface area contributed by atoms with Crippen molar-refractivity contribution in [3.05, 3.63) is 51.7 Å². The van der Waals surface area contributed by atoms with Crippen molar-refractivity contribution in [2.45, 2.75) is 65.0 Å². The summed E-state index contributed by atoms with van der Waals surface area (Å²) in [6.45, 7) is 11.7. The molecule has 0 aliphatic carbocycles. The summed E-state index contributed by atoms with van der Waals surface area (Å²) in [5.74, 6) is 0.529. The Morgan fingerprint density at radius 1 is 1.16 bits per heavy atom. The number of hydrogen-bond donors (Lipinski definition) is 1. The summed E-state index contributed by atoms with van der Waals surface area (Å²) in [6, 6.07) is 9.51. The second kappa shape index (κ2) is 7.51. The molecule has 136 valence electrons. The number of anilines is 1. The van der Waals surface area contributed by atoms with Crippen molar-refractivity contribution in [3.63, 3.8) is 0 Å². The van der Waals surface area contributed by atoms with Crippen molar-refractivity contribution in [1.29, 1.82) is 0 Å². The third kappa shape index (κ3) is 3.63. The first-order valence-corrected chi connectivity index (χ1v) is 10.5. The fourth-order valence-electron chi connectivity index (χ4n) is 3.92. The van der Waals surface area contributed by atoms with E-state index in [1.165, 1.54) is 28.8 Å². The van der Waals surface area contributed by atoms with Crippen LogP contribution in [0.5, 0.6) is 0 Å². The number of thiophene rings is 1. The van der Waals surface area contributed by atoms with Crippen LogP contribution in [0.15, 0.2) is 35.0 Å². The average molecular weight is 358 g/mol. The van der Waals surface area contributed by atoms with Gasteiger partial charge in [-0.05, 0) is 52.3 Å². The van der Waals surface area contributed by atoms with E-state index in [4.69, 9.17) is 4.74 Å². The van der Waals surface area contributed by atoms with Crippen molar-refractivity contribution in [1.82, 2.24) is 0 Å². The summed E-state index contributed by atoms with van der Waals surface area (Å²) in [5, 5.41) is 8.25. The molecule has 0 bridgehead atoms. The minimum Gasteiger partial charge on any atom is -0.378 e. The summed E-state index contributed by atoms with van der Waals surface area (Å²) >= 11 is 1.78. The van der Waals surface area contributed by atoms with Gasteiger partial charge < -0.3 is 10.1 Å². The van der Waals surface area contributed by atoms with Gasteiger partial charge in [0.15, 0.2) is 0 Å². The first-order chi connectivity index (χ1) is 12.0. The van der Waals surface area contributed by atoms with Gasteiger partial charge >= 0.3 is 0 Å². The maximum Gasteiger partial charge on any atom is 0.0895 e. The zero-order valence-electron chi connectivity index (χ0n) is 16.1. The molecule has 0 radical (unpaired) electrons. The van der Waals surface area contributed by atoms with Crippen molar-refractivity contribution in [2.24, 2.45) is 5.92 Å². The topological polar surface area (TPSA) is 21.3 Å². The fourth-order valence-corrected chi connectivity index (χ4v) is 4.62. The van der Waals surface area contributed by atoms with Crippen LogP contribution in [0.1, 0.15) is 76.3 Å². The van der Waals surface area contributed by atoms with Gasteiger partial charge in [0.2, 0.25) is 0 Å². The molecule has 0 spiro atoms. The Hall–Kier alpha value is -1.32. The number of hydrogen-bond acceptors (Lipinski definition) is 3. The van der Waals surface area contributed by atoms with Gasteiger partial charge in [0.25, 0.3) is 0 Å². The van der Waals surface area contributed by atoms with E-state index in [2.05, 4.69) is 61.1 Å². The van der Waals surface area contributed by atoms with Crippen molar-refractivity contribution in [2.75, 3.05) is 11.9 Å². The van der Waals surface area contributed by atoms with E-state index in [1.807, 2.05) is 13.8 Å². The highest BCUT2D eigenvalue weighted by Gasteiger charge is 2.40. The first-order valence-electron chi connectivity index (χ1n) is 9.59. The van der Waals surface area contributed by atoms with Crippen LogP contribution >= 0.6 is 11.3 Å². The second-order valence-electron chi connectivity index (χ2n) is 7.83. The maximum atomic E-state index is 6.27. The van der Waals surface area contributed by atoms with Gasteiger partial charge in [0.1, 0.15) is 0 Å². The van der Waals surface area contributed by atoms with Gasteiger partial charge in [-0.1, -0.05) is 46.8 Å². The largest absolute Gasteiger partial charge is 0.378 e. The van der Waals surface area contributed by atoms with E-state index >= 15 is 0 Å². The lowest BCUT2D eigenvalue weighted by molar-refractivity contribution is -0.0381. The highest BCUT2D eigenvalue weighted by atomic mass is 32.1. The van der Waals surface area contributed by atoms with Crippen LogP contribution in [0.3, 0.4) is 0 Å². The van der Waals surface area contributed by atoms with Gasteiger partial charge in [0, 0.05) is 23.8 Å². The van der Waals surface area contributed by atoms with Gasteiger partial charge in [-0.2, -0.15) is 11.3 Å². The molecule has 2 unspecified atom stereocenters. The SMILES string of the molecule is CC.CC(C)(C)c1ccc2c(c1)C1OCCCC1[C@H](c1ccsc1)N2. The molecular formula is C22H31NOS. The monoisotopic (exact) mass is 357 g/mol. The quantitative estimate of drug-likeness (QED) is 0.612. The molecule has 3 atom stereocenters. The Morgan fingerprint density at radius 2 is 1.96 bits per heavy atom. The summed E-state index contributed by atoms with van der Waals surface area (Å²) in [6.07, 6.45) is 2.63. The second-order valence-corrected chi connectivity index (χ2v) is 8.61. The molecule has 2 nitrogen and oxygen atoms in total. The predicted molar refractivity (Wildman–Crippen MR) is 109 cm³/mol. The fraction of sp³-hybridized carbons (Fsp3) is 0.545. The number of fused-ring (bicyclic) bond motifs is 3. The summed E-state index contributed by atoms with van der Waals surface area (Å²) < 4.78 is 6.27. The first kappa shape index (κ1) is 18.5. The lowest BCUT2D eigenvalue weighted by Crippen LogP contribution is -2.36. The van der Waals surface area contributed by atoms with Crippen LogP contribution in [0.25, 0.3) is 0 Å². The molecule has 3 heteroatoms. The van der Waals surface area contributed by atoms with E-state index in [0.717, 1.165) is 13.0 Å². The lowest BCUT2D eigenvalue weighted by atomic mass is 9.76. The molecule has 3 heterocycles. The summed E-state index contributed by atoms with van der Waals surface area (Å²) in [7, 11) is 0. The van der Waals surface area contributed by atoms with Gasteiger partial charge in [-0.25, -0.2) is 0 Å². The van der Waals surface area contributed by atoms with Crippen LogP contribution in [-0.4, -0.2) is 6.61 Å². The number of benzene rings is 1. The summed E-state index contributed by atoms with van der Waals surface area (Å²) in [5.41, 5.74) is 5.57. The zero-order chi connectivity index (χ0) is 18.0. The Bertz CT molecular complexity index is 687. The molecule has 2 aromatic rings. The minimum atomic E-state index is 0.170. The summed E-state index contributed by atoms with van der Waals surface area (Å²) in [4.78, 5) is 0. The molecule has 1 N–H and O–H groups in total. The smallest absolute Gasteiger partial charge is 0.0895 e. The van der Waals surface area contributed by atoms with E-state index in [9.17, 15) is 0 Å². The van der Waals surface area contributed by atoms with E-state index in [0.29, 0.717) is 12.0 Å². The van der Waals surface area contributed by atoms with Crippen LogP contribution in [0, 0.1) is 5.92 Å². The third-order valence-electron chi connectivity index (χ3n) is 5.23. The third-order valence-corrected chi connectivity index (χ3v) is 5.94. The molecule has 25 heavy (non-hydrogen) atoms. The minimum absolute atomic E-state index is 0.170. The standard InChI is InChI=1S/C20H25NOS.C2H6/c1-20(2,3)14-6-7-17-16(11-14)19-15(5-4-9-22-19)18(21-17)13-8-10-23-12-13;1-2/h6-8,10-12,15,18-19,21H,4-5,9H2,1-3H3;1-2H3/t15?,18-,19?;/m0./s1. The molecule has 0 amide bonds.